The molecule has 1 aromatic carbocycles. The topological polar surface area (TPSA) is 110 Å². The van der Waals surface area contributed by atoms with Crippen molar-refractivity contribution in [3.05, 3.63) is 51.6 Å². The SMILES string of the molecule is CC(C)N(C(=O)OC(C)(C)C(=O)/C(=C\C(C)(C)C)C(O)c1ccc([N+](=O)[O-])cc1)C(C)C. The maximum Gasteiger partial charge on any atom is 0.411 e. The van der Waals surface area contributed by atoms with Gasteiger partial charge < -0.3 is 14.7 Å². The van der Waals surface area contributed by atoms with Crippen LogP contribution in [-0.2, 0) is 9.53 Å². The van der Waals surface area contributed by atoms with Gasteiger partial charge in [-0.1, -0.05) is 26.8 Å². The van der Waals surface area contributed by atoms with E-state index in [1.54, 1.807) is 6.08 Å². The number of ether oxygens (including phenoxy) is 1. The van der Waals surface area contributed by atoms with Crippen LogP contribution in [0.25, 0.3) is 0 Å². The highest BCUT2D eigenvalue weighted by molar-refractivity contribution is 6.03. The maximum absolute atomic E-state index is 13.5. The number of carbonyl (C=O) groups is 2. The number of hydrogen-bond donors (Lipinski definition) is 1. The fourth-order valence-corrected chi connectivity index (χ4v) is 3.38. The Hall–Kier alpha value is -2.74. The lowest BCUT2D eigenvalue weighted by Crippen LogP contribution is -2.48. The zero-order chi connectivity index (χ0) is 25.0. The number of nitrogens with zero attached hydrogens (tertiary/aromatic N) is 2. The first-order chi connectivity index (χ1) is 14.5. The summed E-state index contributed by atoms with van der Waals surface area (Å²) in [5.41, 5.74) is -1.74. The first-order valence-corrected chi connectivity index (χ1v) is 10.7. The third kappa shape index (κ3) is 7.15. The van der Waals surface area contributed by atoms with Gasteiger partial charge >= 0.3 is 6.09 Å². The van der Waals surface area contributed by atoms with E-state index in [0.717, 1.165) is 0 Å². The van der Waals surface area contributed by atoms with Crippen LogP contribution in [0.3, 0.4) is 0 Å². The normalized spacial score (nSPS) is 13.8. The quantitative estimate of drug-likeness (QED) is 0.332. The standard InChI is InChI=1S/C24H36N2O6/c1-15(2)25(16(3)4)22(29)32-24(8,9)21(28)19(14-23(5,6)7)20(27)17-10-12-18(13-11-17)26(30)31/h10-16,20,27H,1-9H3/b19-14-. The van der Waals surface area contributed by atoms with Gasteiger partial charge in [0.2, 0.25) is 5.78 Å². The molecule has 8 nitrogen and oxygen atoms in total. The molecule has 0 aliphatic heterocycles. The van der Waals surface area contributed by atoms with Crippen molar-refractivity contribution in [2.45, 2.75) is 86.1 Å². The Morgan fingerprint density at radius 3 is 1.88 bits per heavy atom. The molecule has 0 aliphatic carbocycles. The number of ketones is 1. The number of non-ortho nitro benzene ring substituents is 1. The van der Waals surface area contributed by atoms with Crippen molar-refractivity contribution in [3.63, 3.8) is 0 Å². The number of aliphatic hydroxyl groups is 1. The van der Waals surface area contributed by atoms with Gasteiger partial charge in [-0.3, -0.25) is 14.9 Å². The number of Topliss-reactive ketones (excluding diaryl/α,β-unsaturated/α-hetero) is 1. The van der Waals surface area contributed by atoms with E-state index in [0.29, 0.717) is 5.56 Å². The van der Waals surface area contributed by atoms with Crippen LogP contribution in [0.2, 0.25) is 0 Å². The summed E-state index contributed by atoms with van der Waals surface area (Å²) in [6, 6.07) is 5.11. The third-order valence-corrected chi connectivity index (χ3v) is 4.78. The van der Waals surface area contributed by atoms with Crippen molar-refractivity contribution in [1.82, 2.24) is 4.90 Å². The van der Waals surface area contributed by atoms with Crippen molar-refractivity contribution in [2.75, 3.05) is 0 Å². The van der Waals surface area contributed by atoms with Crippen molar-refractivity contribution in [3.8, 4) is 0 Å². The lowest BCUT2D eigenvalue weighted by atomic mass is 9.84. The Kier molecular flexibility index (Phi) is 8.74. The molecule has 1 unspecified atom stereocenters. The molecule has 1 aromatic rings. The van der Waals surface area contributed by atoms with Crippen LogP contribution in [0, 0.1) is 15.5 Å². The van der Waals surface area contributed by atoms with E-state index >= 15 is 0 Å². The number of aliphatic hydroxyl groups excluding tert-OH is 1. The van der Waals surface area contributed by atoms with Crippen LogP contribution < -0.4 is 0 Å². The average molecular weight is 449 g/mol. The van der Waals surface area contributed by atoms with Crippen molar-refractivity contribution >= 4 is 17.6 Å². The third-order valence-electron chi connectivity index (χ3n) is 4.78. The predicted molar refractivity (Wildman–Crippen MR) is 123 cm³/mol. The first-order valence-electron chi connectivity index (χ1n) is 10.7. The molecule has 1 rings (SSSR count). The first kappa shape index (κ1) is 27.3. The van der Waals surface area contributed by atoms with Gasteiger partial charge in [-0.25, -0.2) is 4.79 Å². The zero-order valence-corrected chi connectivity index (χ0v) is 20.5. The second kappa shape index (κ2) is 10.3. The minimum atomic E-state index is -1.54. The largest absolute Gasteiger partial charge is 0.435 e. The molecule has 0 aromatic heterocycles. The number of amides is 1. The number of nitro groups is 1. The Labute approximate surface area is 190 Å². The lowest BCUT2D eigenvalue weighted by molar-refractivity contribution is -0.384. The molecular formula is C24H36N2O6. The number of rotatable bonds is 8. The van der Waals surface area contributed by atoms with Crippen molar-refractivity contribution in [1.29, 1.82) is 0 Å². The van der Waals surface area contributed by atoms with E-state index < -0.39 is 33.9 Å². The summed E-state index contributed by atoms with van der Waals surface area (Å²) < 4.78 is 5.61. The van der Waals surface area contributed by atoms with Gasteiger partial charge in [-0.2, -0.15) is 0 Å². The molecule has 32 heavy (non-hydrogen) atoms. The highest BCUT2D eigenvalue weighted by atomic mass is 16.6. The minimum absolute atomic E-state index is 0.0600. The monoisotopic (exact) mass is 448 g/mol. The van der Waals surface area contributed by atoms with E-state index in [2.05, 4.69) is 0 Å². The molecule has 0 fully saturated rings. The Bertz CT molecular complexity index is 855. The minimum Gasteiger partial charge on any atom is -0.435 e. The molecule has 0 saturated carbocycles. The van der Waals surface area contributed by atoms with Gasteiger partial charge in [0.25, 0.3) is 5.69 Å². The molecule has 8 heteroatoms. The summed E-state index contributed by atoms with van der Waals surface area (Å²) in [5, 5.41) is 21.9. The molecule has 0 aliphatic rings. The smallest absolute Gasteiger partial charge is 0.411 e. The van der Waals surface area contributed by atoms with Crippen LogP contribution in [0.5, 0.6) is 0 Å². The van der Waals surface area contributed by atoms with Crippen LogP contribution in [-0.4, -0.2) is 44.5 Å². The number of benzene rings is 1. The summed E-state index contributed by atoms with van der Waals surface area (Å²) in [6.45, 7) is 16.1. The van der Waals surface area contributed by atoms with Crippen molar-refractivity contribution < 1.29 is 24.4 Å². The number of hydrogen-bond acceptors (Lipinski definition) is 6. The Balaban J connectivity index is 3.33. The summed E-state index contributed by atoms with van der Waals surface area (Å²) in [7, 11) is 0. The molecule has 178 valence electrons. The molecule has 1 atom stereocenters. The van der Waals surface area contributed by atoms with Gasteiger partial charge in [-0.15, -0.1) is 0 Å². The maximum atomic E-state index is 13.5. The van der Waals surface area contributed by atoms with E-state index in [9.17, 15) is 24.8 Å². The van der Waals surface area contributed by atoms with Gasteiger partial charge in [-0.05, 0) is 64.7 Å². The summed E-state index contributed by atoms with van der Waals surface area (Å²) in [6.07, 6.45) is -0.320. The lowest BCUT2D eigenvalue weighted by Gasteiger charge is -2.34. The van der Waals surface area contributed by atoms with Gasteiger partial charge in [0.15, 0.2) is 5.60 Å². The van der Waals surface area contributed by atoms with Gasteiger partial charge in [0.1, 0.15) is 6.10 Å². The highest BCUT2D eigenvalue weighted by Gasteiger charge is 2.39. The predicted octanol–water partition coefficient (Wildman–Crippen LogP) is 5.20. The number of carbonyl (C=O) groups excluding carboxylic acids is 2. The van der Waals surface area contributed by atoms with Gasteiger partial charge in [0, 0.05) is 29.8 Å². The van der Waals surface area contributed by atoms with E-state index in [1.807, 2.05) is 48.5 Å². The van der Waals surface area contributed by atoms with Crippen molar-refractivity contribution in [2.24, 2.45) is 5.41 Å². The second-order valence-corrected chi connectivity index (χ2v) is 10.0. The number of nitro benzene ring substituents is 1. The molecular weight excluding hydrogens is 412 g/mol. The fourth-order valence-electron chi connectivity index (χ4n) is 3.38. The molecule has 0 spiro atoms. The Morgan fingerprint density at radius 2 is 1.50 bits per heavy atom. The molecule has 1 N–H and O–H groups in total. The van der Waals surface area contributed by atoms with Crippen LogP contribution in [0.1, 0.15) is 74.0 Å². The van der Waals surface area contributed by atoms with E-state index in [4.69, 9.17) is 4.74 Å². The van der Waals surface area contributed by atoms with Crippen LogP contribution in [0.15, 0.2) is 35.9 Å². The summed E-state index contributed by atoms with van der Waals surface area (Å²) in [5.74, 6) is -0.543. The van der Waals surface area contributed by atoms with Gasteiger partial charge in [0.05, 0.1) is 4.92 Å². The average Bonchev–Trinajstić information content (AvgIpc) is 2.63. The summed E-state index contributed by atoms with van der Waals surface area (Å²) in [4.78, 5) is 38.2. The highest BCUT2D eigenvalue weighted by Crippen LogP contribution is 2.32. The fraction of sp³-hybridized carbons (Fsp3) is 0.583. The molecule has 0 heterocycles. The molecule has 0 saturated heterocycles. The molecule has 1 amide bonds. The zero-order valence-electron chi connectivity index (χ0n) is 20.5. The molecule has 0 radical (unpaired) electrons. The number of allylic oxidation sites excluding steroid dienone is 1. The van der Waals surface area contributed by atoms with E-state index in [1.165, 1.54) is 43.0 Å². The molecule has 0 bridgehead atoms. The summed E-state index contributed by atoms with van der Waals surface area (Å²) >= 11 is 0. The van der Waals surface area contributed by atoms with Crippen LogP contribution >= 0.6 is 0 Å². The Morgan fingerprint density at radius 1 is 1.03 bits per heavy atom. The van der Waals surface area contributed by atoms with Crippen LogP contribution in [0.4, 0.5) is 10.5 Å². The second-order valence-electron chi connectivity index (χ2n) is 10.0. The van der Waals surface area contributed by atoms with E-state index in [-0.39, 0.29) is 23.3 Å².